The lowest BCUT2D eigenvalue weighted by atomic mass is 10.2. The summed E-state index contributed by atoms with van der Waals surface area (Å²) in [6.45, 7) is 1.99. The van der Waals surface area contributed by atoms with Gasteiger partial charge in [0, 0.05) is 19.6 Å². The van der Waals surface area contributed by atoms with Gasteiger partial charge in [-0.1, -0.05) is 58.9 Å². The highest BCUT2D eigenvalue weighted by Crippen LogP contribution is 2.52. The van der Waals surface area contributed by atoms with Crippen LogP contribution in [0.15, 0.2) is 49.9 Å². The molecule has 2 aromatic rings. The van der Waals surface area contributed by atoms with Gasteiger partial charge in [-0.15, -0.1) is 0 Å². The van der Waals surface area contributed by atoms with Crippen LogP contribution in [-0.2, 0) is 0 Å². The van der Waals surface area contributed by atoms with Gasteiger partial charge in [-0.3, -0.25) is 0 Å². The maximum absolute atomic E-state index is 6.32. The second-order valence-electron chi connectivity index (χ2n) is 3.80. The Bertz CT molecular complexity index is 609. The molecule has 0 spiro atoms. The average molecular weight is 299 g/mol. The van der Waals surface area contributed by atoms with Crippen molar-refractivity contribution in [2.24, 2.45) is 0 Å². The number of fused-ring (bicyclic) bond motifs is 2. The molecule has 0 N–H and O–H groups in total. The largest absolute Gasteiger partial charge is 0.0877 e. The minimum atomic E-state index is 0.665. The van der Waals surface area contributed by atoms with Crippen LogP contribution in [0, 0.1) is 6.92 Å². The first-order valence-corrected chi connectivity index (χ1v) is 7.49. The Kier molecular flexibility index (Phi) is 3.07. The van der Waals surface area contributed by atoms with Gasteiger partial charge in [0.2, 0.25) is 0 Å². The lowest BCUT2D eigenvalue weighted by Crippen LogP contribution is -1.92. The van der Waals surface area contributed by atoms with E-state index in [1.54, 1.807) is 23.5 Å². The predicted octanol–water partition coefficient (Wildman–Crippen LogP) is 5.92. The van der Waals surface area contributed by atoms with Crippen LogP contribution in [0.2, 0.25) is 10.0 Å². The van der Waals surface area contributed by atoms with Crippen molar-refractivity contribution >= 4 is 46.7 Å². The summed E-state index contributed by atoms with van der Waals surface area (Å²) in [5, 5.41) is 1.34. The van der Waals surface area contributed by atoms with Gasteiger partial charge in [-0.05, 0) is 30.7 Å². The number of rotatable bonds is 0. The zero-order valence-corrected chi connectivity index (χ0v) is 12.1. The van der Waals surface area contributed by atoms with E-state index < -0.39 is 0 Å². The van der Waals surface area contributed by atoms with Crippen LogP contribution in [-0.4, -0.2) is 0 Å². The normalized spacial score (nSPS) is 13.1. The summed E-state index contributed by atoms with van der Waals surface area (Å²) in [4.78, 5) is 4.79. The number of aryl methyl sites for hydroxylation is 1. The molecule has 0 atom stereocenters. The van der Waals surface area contributed by atoms with Crippen molar-refractivity contribution in [2.45, 2.75) is 26.5 Å². The Morgan fingerprint density at radius 2 is 1.53 bits per heavy atom. The van der Waals surface area contributed by atoms with Gasteiger partial charge in [0.05, 0.1) is 10.0 Å². The van der Waals surface area contributed by atoms with E-state index >= 15 is 0 Å². The maximum atomic E-state index is 6.32. The van der Waals surface area contributed by atoms with Gasteiger partial charge in [0.1, 0.15) is 0 Å². The summed E-state index contributed by atoms with van der Waals surface area (Å²) in [5.74, 6) is 0. The molecule has 0 amide bonds. The van der Waals surface area contributed by atoms with Crippen LogP contribution in [0.5, 0.6) is 0 Å². The minimum absolute atomic E-state index is 0.665. The minimum Gasteiger partial charge on any atom is -0.0877 e. The van der Waals surface area contributed by atoms with Crippen molar-refractivity contribution in [1.29, 1.82) is 0 Å². The Morgan fingerprint density at radius 1 is 0.882 bits per heavy atom. The van der Waals surface area contributed by atoms with Crippen LogP contribution in [0.25, 0.3) is 0 Å². The number of halogens is 2. The summed E-state index contributed by atoms with van der Waals surface area (Å²) >= 11 is 16.0. The molecule has 0 bridgehead atoms. The van der Waals surface area contributed by atoms with Crippen LogP contribution in [0.1, 0.15) is 5.56 Å². The van der Waals surface area contributed by atoms with Crippen LogP contribution >= 0.6 is 46.7 Å². The van der Waals surface area contributed by atoms with E-state index in [0.717, 1.165) is 10.5 Å². The average Bonchev–Trinajstić information content (AvgIpc) is 2.34. The molecule has 0 fully saturated rings. The maximum Gasteiger partial charge on any atom is 0.0745 e. The van der Waals surface area contributed by atoms with Gasteiger partial charge in [0.25, 0.3) is 0 Å². The second kappa shape index (κ2) is 4.43. The van der Waals surface area contributed by atoms with Gasteiger partial charge < -0.3 is 0 Å². The Balaban J connectivity index is 2.18. The van der Waals surface area contributed by atoms with Gasteiger partial charge >= 0.3 is 0 Å². The molecule has 0 nitrogen and oxygen atoms in total. The molecule has 3 rings (SSSR count). The van der Waals surface area contributed by atoms with E-state index in [1.165, 1.54) is 14.7 Å². The molecule has 0 unspecified atom stereocenters. The van der Waals surface area contributed by atoms with E-state index in [-0.39, 0.29) is 0 Å². The number of hydrogen-bond donors (Lipinski definition) is 0. The van der Waals surface area contributed by atoms with Gasteiger partial charge in [0.15, 0.2) is 0 Å². The van der Waals surface area contributed by atoms with Crippen molar-refractivity contribution < 1.29 is 0 Å². The van der Waals surface area contributed by atoms with Crippen molar-refractivity contribution in [3.8, 4) is 0 Å². The molecule has 1 aliphatic rings. The molecule has 0 radical (unpaired) electrons. The van der Waals surface area contributed by atoms with E-state index in [1.807, 2.05) is 13.0 Å². The highest BCUT2D eigenvalue weighted by atomic mass is 35.5. The third-order valence-corrected chi connectivity index (χ3v) is 6.24. The molecule has 0 saturated carbocycles. The molecule has 86 valence electrons. The van der Waals surface area contributed by atoms with Crippen LogP contribution in [0.4, 0.5) is 0 Å². The molecule has 2 aromatic carbocycles. The summed E-state index contributed by atoms with van der Waals surface area (Å²) < 4.78 is 0. The first kappa shape index (κ1) is 11.8. The Labute approximate surface area is 119 Å². The molecule has 0 saturated heterocycles. The SMILES string of the molecule is Cc1cc2c(c(Cl)c1Cl)Sc1ccccc1S2. The fourth-order valence-corrected chi connectivity index (χ4v) is 4.72. The van der Waals surface area contributed by atoms with Crippen molar-refractivity contribution in [3.05, 3.63) is 45.9 Å². The fraction of sp³-hybridized carbons (Fsp3) is 0.0769. The first-order chi connectivity index (χ1) is 8.16. The third-order valence-electron chi connectivity index (χ3n) is 2.59. The molecule has 1 aliphatic heterocycles. The van der Waals surface area contributed by atoms with E-state index in [0.29, 0.717) is 10.0 Å². The van der Waals surface area contributed by atoms with Crippen molar-refractivity contribution in [2.75, 3.05) is 0 Å². The third kappa shape index (κ3) is 1.97. The predicted molar refractivity (Wildman–Crippen MR) is 75.9 cm³/mol. The molecule has 1 heterocycles. The van der Waals surface area contributed by atoms with Gasteiger partial charge in [-0.25, -0.2) is 0 Å². The lowest BCUT2D eigenvalue weighted by molar-refractivity contribution is 1.14. The molecular formula is C13H8Cl2S2. The molecule has 0 aliphatic carbocycles. The van der Waals surface area contributed by atoms with Crippen LogP contribution < -0.4 is 0 Å². The second-order valence-corrected chi connectivity index (χ2v) is 6.69. The topological polar surface area (TPSA) is 0 Å². The zero-order valence-electron chi connectivity index (χ0n) is 8.96. The highest BCUT2D eigenvalue weighted by molar-refractivity contribution is 8.05. The molecular weight excluding hydrogens is 291 g/mol. The monoisotopic (exact) mass is 298 g/mol. The Morgan fingerprint density at radius 3 is 2.24 bits per heavy atom. The number of benzene rings is 2. The smallest absolute Gasteiger partial charge is 0.0745 e. The summed E-state index contributed by atoms with van der Waals surface area (Å²) in [7, 11) is 0. The van der Waals surface area contributed by atoms with E-state index in [9.17, 15) is 0 Å². The highest BCUT2D eigenvalue weighted by Gasteiger charge is 2.21. The van der Waals surface area contributed by atoms with E-state index in [2.05, 4.69) is 24.3 Å². The van der Waals surface area contributed by atoms with Crippen molar-refractivity contribution in [3.63, 3.8) is 0 Å². The Hall–Kier alpha value is -0.280. The quantitative estimate of drug-likeness (QED) is 0.505. The fourth-order valence-electron chi connectivity index (χ4n) is 1.72. The number of hydrogen-bond acceptors (Lipinski definition) is 2. The first-order valence-electron chi connectivity index (χ1n) is 5.10. The molecule has 4 heteroatoms. The lowest BCUT2D eigenvalue weighted by Gasteiger charge is -2.20. The molecule has 17 heavy (non-hydrogen) atoms. The zero-order chi connectivity index (χ0) is 12.0. The summed E-state index contributed by atoms with van der Waals surface area (Å²) in [6, 6.07) is 10.5. The standard InChI is InChI=1S/C13H8Cl2S2/c1-7-6-10-13(12(15)11(7)14)17-9-5-3-2-4-8(9)16-10/h2-6H,1H3. The summed E-state index contributed by atoms with van der Waals surface area (Å²) in [6.07, 6.45) is 0. The van der Waals surface area contributed by atoms with Gasteiger partial charge in [-0.2, -0.15) is 0 Å². The van der Waals surface area contributed by atoms with E-state index in [4.69, 9.17) is 23.2 Å². The van der Waals surface area contributed by atoms with Crippen molar-refractivity contribution in [1.82, 2.24) is 0 Å². The van der Waals surface area contributed by atoms with Crippen LogP contribution in [0.3, 0.4) is 0 Å². The molecule has 0 aromatic heterocycles. The summed E-state index contributed by atoms with van der Waals surface area (Å²) in [5.41, 5.74) is 1.03.